The Kier molecular flexibility index (Phi) is 4.91. The van der Waals surface area contributed by atoms with Crippen LogP contribution in [0.1, 0.15) is 35.7 Å². The first kappa shape index (κ1) is 14.4. The molecule has 0 amide bonds. The summed E-state index contributed by atoms with van der Waals surface area (Å²) >= 11 is 7.40. The van der Waals surface area contributed by atoms with Crippen LogP contribution < -0.4 is 5.32 Å². The van der Waals surface area contributed by atoms with Crippen molar-refractivity contribution in [3.63, 3.8) is 0 Å². The van der Waals surface area contributed by atoms with Crippen molar-refractivity contribution in [2.45, 2.75) is 26.3 Å². The van der Waals surface area contributed by atoms with Gasteiger partial charge in [-0.2, -0.15) is 0 Å². The number of nitrogens with zero attached hydrogens (tertiary/aromatic N) is 1. The summed E-state index contributed by atoms with van der Waals surface area (Å²) in [5, 5.41) is 6.32. The summed E-state index contributed by atoms with van der Waals surface area (Å²) in [5.74, 6) is -0.370. The highest BCUT2D eigenvalue weighted by atomic mass is 35.5. The van der Waals surface area contributed by atoms with Gasteiger partial charge in [0.25, 0.3) is 0 Å². The molecule has 0 bridgehead atoms. The third-order valence-electron chi connectivity index (χ3n) is 2.77. The van der Waals surface area contributed by atoms with Crippen LogP contribution in [0.5, 0.6) is 0 Å². The Balaban J connectivity index is 2.39. The SMILES string of the molecule is CCCNC(c1nc(C)cs1)c1cccc(Cl)c1F. The first-order chi connectivity index (χ1) is 9.13. The number of benzene rings is 1. The predicted octanol–water partition coefficient (Wildman–Crippen LogP) is 4.33. The average Bonchev–Trinajstić information content (AvgIpc) is 2.81. The Bertz CT molecular complexity index is 556. The highest BCUT2D eigenvalue weighted by Gasteiger charge is 2.21. The van der Waals surface area contributed by atoms with Gasteiger partial charge >= 0.3 is 0 Å². The summed E-state index contributed by atoms with van der Waals surface area (Å²) in [6.07, 6.45) is 0.975. The molecule has 0 aliphatic carbocycles. The number of thiazole rings is 1. The molecule has 5 heteroatoms. The van der Waals surface area contributed by atoms with Gasteiger partial charge in [0.2, 0.25) is 0 Å². The zero-order chi connectivity index (χ0) is 13.8. The molecule has 1 unspecified atom stereocenters. The molecular weight excluding hydrogens is 283 g/mol. The fraction of sp³-hybridized carbons (Fsp3) is 0.357. The number of hydrogen-bond acceptors (Lipinski definition) is 3. The van der Waals surface area contributed by atoms with Crippen molar-refractivity contribution < 1.29 is 4.39 Å². The molecule has 102 valence electrons. The molecule has 1 aromatic heterocycles. The van der Waals surface area contributed by atoms with E-state index in [0.29, 0.717) is 5.56 Å². The van der Waals surface area contributed by atoms with E-state index in [4.69, 9.17) is 11.6 Å². The molecule has 19 heavy (non-hydrogen) atoms. The van der Waals surface area contributed by atoms with Gasteiger partial charge in [-0.1, -0.05) is 30.7 Å². The predicted molar refractivity (Wildman–Crippen MR) is 78.4 cm³/mol. The monoisotopic (exact) mass is 298 g/mol. The standard InChI is InChI=1S/C14H16ClFN2S/c1-3-7-17-13(14-18-9(2)8-19-14)10-5-4-6-11(15)12(10)16/h4-6,8,13,17H,3,7H2,1-2H3. The molecule has 0 fully saturated rings. The smallest absolute Gasteiger partial charge is 0.146 e. The van der Waals surface area contributed by atoms with Crippen LogP contribution in [0.4, 0.5) is 4.39 Å². The van der Waals surface area contributed by atoms with E-state index in [9.17, 15) is 4.39 Å². The maximum absolute atomic E-state index is 14.2. The zero-order valence-corrected chi connectivity index (χ0v) is 12.5. The Hall–Kier alpha value is -0.970. The molecule has 1 aromatic carbocycles. The minimum Gasteiger partial charge on any atom is -0.304 e. The fourth-order valence-electron chi connectivity index (χ4n) is 1.87. The highest BCUT2D eigenvalue weighted by molar-refractivity contribution is 7.09. The van der Waals surface area contributed by atoms with Crippen LogP contribution in [0.2, 0.25) is 5.02 Å². The lowest BCUT2D eigenvalue weighted by molar-refractivity contribution is 0.545. The third-order valence-corrected chi connectivity index (χ3v) is 4.09. The Morgan fingerprint density at radius 1 is 1.47 bits per heavy atom. The van der Waals surface area contributed by atoms with E-state index in [2.05, 4.69) is 17.2 Å². The minimum atomic E-state index is -0.370. The molecule has 2 nitrogen and oxygen atoms in total. The van der Waals surface area contributed by atoms with Gasteiger partial charge in [-0.3, -0.25) is 0 Å². The number of aromatic nitrogens is 1. The molecule has 0 saturated heterocycles. The van der Waals surface area contributed by atoms with E-state index in [0.717, 1.165) is 23.7 Å². The van der Waals surface area contributed by atoms with Crippen molar-refractivity contribution in [3.05, 3.63) is 50.7 Å². The molecule has 2 rings (SSSR count). The van der Waals surface area contributed by atoms with E-state index in [1.54, 1.807) is 18.2 Å². The van der Waals surface area contributed by atoms with Crippen LogP contribution in [-0.4, -0.2) is 11.5 Å². The normalized spacial score (nSPS) is 12.6. The van der Waals surface area contributed by atoms with Gasteiger partial charge in [0.1, 0.15) is 10.8 Å². The van der Waals surface area contributed by atoms with Crippen molar-refractivity contribution in [2.24, 2.45) is 0 Å². The molecule has 0 spiro atoms. The molecule has 0 aliphatic rings. The summed E-state index contributed by atoms with van der Waals surface area (Å²) in [7, 11) is 0. The number of nitrogens with one attached hydrogen (secondary N) is 1. The summed E-state index contributed by atoms with van der Waals surface area (Å²) in [4.78, 5) is 4.46. The second-order valence-corrected chi connectivity index (χ2v) is 5.65. The molecule has 0 saturated carbocycles. The molecule has 0 aliphatic heterocycles. The van der Waals surface area contributed by atoms with Crippen molar-refractivity contribution in [1.29, 1.82) is 0 Å². The average molecular weight is 299 g/mol. The van der Waals surface area contributed by atoms with E-state index in [-0.39, 0.29) is 16.9 Å². The van der Waals surface area contributed by atoms with Crippen LogP contribution >= 0.6 is 22.9 Å². The van der Waals surface area contributed by atoms with Gasteiger partial charge in [0, 0.05) is 16.6 Å². The molecular formula is C14H16ClFN2S. The quantitative estimate of drug-likeness (QED) is 0.888. The third kappa shape index (κ3) is 3.32. The summed E-state index contributed by atoms with van der Waals surface area (Å²) in [6, 6.07) is 4.84. The van der Waals surface area contributed by atoms with E-state index < -0.39 is 0 Å². The van der Waals surface area contributed by atoms with Crippen LogP contribution in [0.25, 0.3) is 0 Å². The van der Waals surface area contributed by atoms with Gasteiger partial charge in [0.05, 0.1) is 11.1 Å². The van der Waals surface area contributed by atoms with Gasteiger partial charge in [-0.25, -0.2) is 9.37 Å². The maximum atomic E-state index is 14.2. The van der Waals surface area contributed by atoms with Crippen LogP contribution in [0.15, 0.2) is 23.6 Å². The van der Waals surface area contributed by atoms with Gasteiger partial charge in [-0.15, -0.1) is 11.3 Å². The maximum Gasteiger partial charge on any atom is 0.146 e. The Morgan fingerprint density at radius 3 is 2.89 bits per heavy atom. The van der Waals surface area contributed by atoms with E-state index in [1.807, 2.05) is 12.3 Å². The van der Waals surface area contributed by atoms with Crippen molar-refractivity contribution in [2.75, 3.05) is 6.54 Å². The lowest BCUT2D eigenvalue weighted by atomic mass is 10.1. The van der Waals surface area contributed by atoms with Crippen LogP contribution in [-0.2, 0) is 0 Å². The van der Waals surface area contributed by atoms with Crippen molar-refractivity contribution >= 4 is 22.9 Å². The fourth-order valence-corrected chi connectivity index (χ4v) is 2.94. The Labute approximate surface area is 121 Å². The largest absolute Gasteiger partial charge is 0.304 e. The molecule has 2 aromatic rings. The first-order valence-corrected chi connectivity index (χ1v) is 7.48. The first-order valence-electron chi connectivity index (χ1n) is 6.22. The van der Waals surface area contributed by atoms with E-state index >= 15 is 0 Å². The van der Waals surface area contributed by atoms with Gasteiger partial charge in [-0.05, 0) is 26.0 Å². The van der Waals surface area contributed by atoms with Crippen LogP contribution in [0.3, 0.4) is 0 Å². The molecule has 1 heterocycles. The summed E-state index contributed by atoms with van der Waals surface area (Å²) in [5.41, 5.74) is 1.50. The molecule has 1 N–H and O–H groups in total. The van der Waals surface area contributed by atoms with Crippen LogP contribution in [0, 0.1) is 12.7 Å². The topological polar surface area (TPSA) is 24.9 Å². The number of hydrogen-bond donors (Lipinski definition) is 1. The Morgan fingerprint density at radius 2 is 2.26 bits per heavy atom. The lowest BCUT2D eigenvalue weighted by Gasteiger charge is -2.17. The second-order valence-electron chi connectivity index (χ2n) is 4.36. The minimum absolute atomic E-state index is 0.147. The summed E-state index contributed by atoms with van der Waals surface area (Å²) in [6.45, 7) is 4.81. The number of halogens is 2. The van der Waals surface area contributed by atoms with E-state index in [1.165, 1.54) is 11.3 Å². The zero-order valence-electron chi connectivity index (χ0n) is 10.9. The van der Waals surface area contributed by atoms with Crippen molar-refractivity contribution in [3.8, 4) is 0 Å². The highest BCUT2D eigenvalue weighted by Crippen LogP contribution is 2.29. The van der Waals surface area contributed by atoms with Gasteiger partial charge in [0.15, 0.2) is 0 Å². The number of aryl methyl sites for hydroxylation is 1. The van der Waals surface area contributed by atoms with Crippen molar-refractivity contribution in [1.82, 2.24) is 10.3 Å². The number of rotatable bonds is 5. The molecule has 1 atom stereocenters. The van der Waals surface area contributed by atoms with Gasteiger partial charge < -0.3 is 5.32 Å². The second kappa shape index (κ2) is 6.46. The summed E-state index contributed by atoms with van der Waals surface area (Å²) < 4.78 is 14.2. The molecule has 0 radical (unpaired) electrons. The lowest BCUT2D eigenvalue weighted by Crippen LogP contribution is -2.24.